The maximum absolute atomic E-state index is 6.42. The summed E-state index contributed by atoms with van der Waals surface area (Å²) in [4.78, 5) is 0. The summed E-state index contributed by atoms with van der Waals surface area (Å²) < 4.78 is 6.07. The lowest BCUT2D eigenvalue weighted by Crippen LogP contribution is -1.97. The third-order valence-corrected chi connectivity index (χ3v) is 3.58. The van der Waals surface area contributed by atoms with Gasteiger partial charge in [-0.25, -0.2) is 0 Å². The highest BCUT2D eigenvalue weighted by atomic mass is 35.5. The Labute approximate surface area is 137 Å². The number of allylic oxidation sites excluding steroid dienone is 2. The van der Waals surface area contributed by atoms with Gasteiger partial charge >= 0.3 is 0 Å². The second-order valence-corrected chi connectivity index (χ2v) is 5.36. The smallest absolute Gasteiger partial charge is 0.125 e. The van der Waals surface area contributed by atoms with Gasteiger partial charge in [-0.1, -0.05) is 73.1 Å². The van der Waals surface area contributed by atoms with Gasteiger partial charge in [-0.3, -0.25) is 0 Å². The lowest BCUT2D eigenvalue weighted by atomic mass is 10.0. The molecule has 0 atom stereocenters. The van der Waals surface area contributed by atoms with E-state index in [0.717, 1.165) is 28.9 Å². The predicted octanol–water partition coefficient (Wildman–Crippen LogP) is 6.34. The quantitative estimate of drug-likeness (QED) is 0.565. The van der Waals surface area contributed by atoms with E-state index in [1.54, 1.807) is 0 Å². The van der Waals surface area contributed by atoms with Crippen LogP contribution in [0, 0.1) is 0 Å². The van der Waals surface area contributed by atoms with Crippen LogP contribution in [0.5, 0.6) is 0 Å². The number of rotatable bonds is 6. The number of halogens is 1. The molecule has 2 heteroatoms. The van der Waals surface area contributed by atoms with Crippen molar-refractivity contribution < 1.29 is 4.74 Å². The molecule has 0 heterocycles. The standard InChI is InChI=1S/C20H21ClO/c1-3-9-17-13-8-14-18(21)20(17)19(10-4-2)22-15-16-11-6-5-7-12-16/h3,5-14H,4,15H2,1-2H3. The molecule has 0 fully saturated rings. The summed E-state index contributed by atoms with van der Waals surface area (Å²) in [7, 11) is 0. The van der Waals surface area contributed by atoms with E-state index < -0.39 is 0 Å². The molecule has 2 aromatic rings. The van der Waals surface area contributed by atoms with Crippen molar-refractivity contribution in [1.29, 1.82) is 0 Å². The van der Waals surface area contributed by atoms with Gasteiger partial charge in [0, 0.05) is 5.56 Å². The topological polar surface area (TPSA) is 9.23 Å². The first-order valence-electron chi connectivity index (χ1n) is 7.54. The van der Waals surface area contributed by atoms with E-state index in [9.17, 15) is 0 Å². The average molecular weight is 313 g/mol. The zero-order valence-electron chi connectivity index (χ0n) is 13.1. The van der Waals surface area contributed by atoms with E-state index in [4.69, 9.17) is 16.3 Å². The zero-order chi connectivity index (χ0) is 15.8. The van der Waals surface area contributed by atoms with Crippen molar-refractivity contribution in [3.63, 3.8) is 0 Å². The van der Waals surface area contributed by atoms with Crippen LogP contribution in [0.3, 0.4) is 0 Å². The first-order chi connectivity index (χ1) is 10.8. The molecule has 0 amide bonds. The molecule has 2 rings (SSSR count). The number of benzene rings is 2. The molecule has 0 aliphatic heterocycles. The molecule has 0 unspecified atom stereocenters. The molecule has 1 nitrogen and oxygen atoms in total. The van der Waals surface area contributed by atoms with E-state index in [1.807, 2.05) is 43.3 Å². The first-order valence-corrected chi connectivity index (χ1v) is 7.92. The number of hydrogen-bond acceptors (Lipinski definition) is 1. The van der Waals surface area contributed by atoms with Gasteiger partial charge in [0.1, 0.15) is 12.4 Å². The number of hydrogen-bond donors (Lipinski definition) is 0. The minimum absolute atomic E-state index is 0.535. The van der Waals surface area contributed by atoms with Crippen LogP contribution in [-0.2, 0) is 11.3 Å². The lowest BCUT2D eigenvalue weighted by Gasteiger charge is -2.15. The summed E-state index contributed by atoms with van der Waals surface area (Å²) in [6.07, 6.45) is 7.04. The van der Waals surface area contributed by atoms with Crippen LogP contribution < -0.4 is 0 Å². The van der Waals surface area contributed by atoms with Gasteiger partial charge in [-0.15, -0.1) is 0 Å². The summed E-state index contributed by atoms with van der Waals surface area (Å²) >= 11 is 6.42. The van der Waals surface area contributed by atoms with Crippen LogP contribution in [0.15, 0.2) is 60.7 Å². The zero-order valence-corrected chi connectivity index (χ0v) is 13.8. The molecule has 2 aromatic carbocycles. The summed E-state index contributed by atoms with van der Waals surface area (Å²) in [5.41, 5.74) is 3.17. The lowest BCUT2D eigenvalue weighted by molar-refractivity contribution is 0.263. The van der Waals surface area contributed by atoms with Gasteiger partial charge in [0.05, 0.1) is 5.02 Å². The van der Waals surface area contributed by atoms with Crippen LogP contribution >= 0.6 is 11.6 Å². The molecule has 0 saturated carbocycles. The minimum atomic E-state index is 0.535. The van der Waals surface area contributed by atoms with Gasteiger partial charge in [-0.05, 0) is 36.6 Å². The Balaban J connectivity index is 2.31. The molecule has 0 aliphatic carbocycles. The molecule has 0 spiro atoms. The van der Waals surface area contributed by atoms with Gasteiger partial charge < -0.3 is 4.74 Å². The summed E-state index contributed by atoms with van der Waals surface area (Å²) in [6.45, 7) is 4.63. The second-order valence-electron chi connectivity index (χ2n) is 4.95. The van der Waals surface area contributed by atoms with Gasteiger partial charge in [0.15, 0.2) is 0 Å². The molecule has 114 valence electrons. The van der Waals surface area contributed by atoms with E-state index in [-0.39, 0.29) is 0 Å². The Morgan fingerprint density at radius 1 is 1.09 bits per heavy atom. The fraction of sp³-hybridized carbons (Fsp3) is 0.200. The first kappa shape index (κ1) is 16.4. The van der Waals surface area contributed by atoms with E-state index in [1.165, 1.54) is 0 Å². The fourth-order valence-electron chi connectivity index (χ4n) is 2.27. The minimum Gasteiger partial charge on any atom is -0.489 e. The van der Waals surface area contributed by atoms with Crippen LogP contribution in [0.4, 0.5) is 0 Å². The van der Waals surface area contributed by atoms with Crippen molar-refractivity contribution in [2.24, 2.45) is 0 Å². The maximum Gasteiger partial charge on any atom is 0.125 e. The van der Waals surface area contributed by atoms with Crippen LogP contribution in [-0.4, -0.2) is 0 Å². The van der Waals surface area contributed by atoms with Crippen molar-refractivity contribution in [2.45, 2.75) is 26.9 Å². The SMILES string of the molecule is CC=Cc1cccc(Cl)c1C(=CCC)OCc1ccccc1. The highest BCUT2D eigenvalue weighted by Crippen LogP contribution is 2.30. The van der Waals surface area contributed by atoms with E-state index >= 15 is 0 Å². The van der Waals surface area contributed by atoms with Gasteiger partial charge in [-0.2, -0.15) is 0 Å². The van der Waals surface area contributed by atoms with Crippen molar-refractivity contribution in [2.75, 3.05) is 0 Å². The highest BCUT2D eigenvalue weighted by Gasteiger charge is 2.12. The monoisotopic (exact) mass is 312 g/mol. The Morgan fingerprint density at radius 3 is 2.55 bits per heavy atom. The molecule has 0 N–H and O–H groups in total. The van der Waals surface area contributed by atoms with Crippen molar-refractivity contribution >= 4 is 23.4 Å². The average Bonchev–Trinajstić information content (AvgIpc) is 2.53. The van der Waals surface area contributed by atoms with Crippen molar-refractivity contribution in [3.05, 3.63) is 82.4 Å². The Morgan fingerprint density at radius 2 is 1.86 bits per heavy atom. The third-order valence-electron chi connectivity index (χ3n) is 3.27. The van der Waals surface area contributed by atoms with Gasteiger partial charge in [0.2, 0.25) is 0 Å². The maximum atomic E-state index is 6.42. The van der Waals surface area contributed by atoms with Crippen LogP contribution in [0.25, 0.3) is 11.8 Å². The Bertz CT molecular complexity index is 657. The molecule has 0 aromatic heterocycles. The van der Waals surface area contributed by atoms with Crippen LogP contribution in [0.1, 0.15) is 37.0 Å². The molecular formula is C20H21ClO. The normalized spacial score (nSPS) is 11.9. The Hall–Kier alpha value is -1.99. The second kappa shape index (κ2) is 8.45. The van der Waals surface area contributed by atoms with Gasteiger partial charge in [0.25, 0.3) is 0 Å². The van der Waals surface area contributed by atoms with E-state index in [2.05, 4.69) is 37.3 Å². The summed E-state index contributed by atoms with van der Waals surface area (Å²) in [5, 5.41) is 0.711. The molecule has 0 bridgehead atoms. The van der Waals surface area contributed by atoms with E-state index in [0.29, 0.717) is 11.6 Å². The molecular weight excluding hydrogens is 292 g/mol. The number of ether oxygens (including phenoxy) is 1. The summed E-state index contributed by atoms with van der Waals surface area (Å²) in [6, 6.07) is 16.1. The largest absolute Gasteiger partial charge is 0.489 e. The predicted molar refractivity (Wildman–Crippen MR) is 95.7 cm³/mol. The Kier molecular flexibility index (Phi) is 6.29. The van der Waals surface area contributed by atoms with Crippen molar-refractivity contribution in [1.82, 2.24) is 0 Å². The molecule has 0 saturated heterocycles. The summed E-state index contributed by atoms with van der Waals surface area (Å²) in [5.74, 6) is 0.838. The highest BCUT2D eigenvalue weighted by molar-refractivity contribution is 6.32. The third kappa shape index (κ3) is 4.25. The van der Waals surface area contributed by atoms with Crippen molar-refractivity contribution in [3.8, 4) is 0 Å². The van der Waals surface area contributed by atoms with Crippen LogP contribution in [0.2, 0.25) is 5.02 Å². The molecule has 0 aliphatic rings. The molecule has 0 radical (unpaired) electrons. The fourth-order valence-corrected chi connectivity index (χ4v) is 2.55. The molecule has 22 heavy (non-hydrogen) atoms.